The number of hydrogen-bond acceptors (Lipinski definition) is 5. The van der Waals surface area contributed by atoms with Crippen molar-refractivity contribution in [3.8, 4) is 0 Å². The van der Waals surface area contributed by atoms with Crippen molar-refractivity contribution >= 4 is 33.3 Å². The Hall–Kier alpha value is -2.71. The number of pyridine rings is 1. The molecule has 1 amide bonds. The van der Waals surface area contributed by atoms with Crippen molar-refractivity contribution in [1.82, 2.24) is 19.7 Å². The van der Waals surface area contributed by atoms with Crippen LogP contribution >= 0.6 is 15.9 Å². The summed E-state index contributed by atoms with van der Waals surface area (Å²) in [6, 6.07) is 11.1. The van der Waals surface area contributed by atoms with Crippen molar-refractivity contribution in [3.63, 3.8) is 0 Å². The molecule has 1 atom stereocenters. The topological polar surface area (TPSA) is 75.1 Å². The van der Waals surface area contributed by atoms with Gasteiger partial charge in [0.25, 0.3) is 5.91 Å². The van der Waals surface area contributed by atoms with Gasteiger partial charge in [-0.2, -0.15) is 5.10 Å². The van der Waals surface area contributed by atoms with E-state index in [1.54, 1.807) is 23.0 Å². The van der Waals surface area contributed by atoms with E-state index in [0.717, 1.165) is 15.7 Å². The summed E-state index contributed by atoms with van der Waals surface area (Å²) >= 11 is 3.39. The number of carbonyl (C=O) groups excluding carboxylic acids is 1. The minimum Gasteiger partial charge on any atom is -0.367 e. The van der Waals surface area contributed by atoms with Crippen LogP contribution in [0.25, 0.3) is 0 Å². The van der Waals surface area contributed by atoms with Gasteiger partial charge < -0.3 is 15.5 Å². The molecule has 8 heteroatoms. The molecule has 2 aromatic heterocycles. The van der Waals surface area contributed by atoms with E-state index in [2.05, 4.69) is 41.5 Å². The van der Waals surface area contributed by atoms with Crippen LogP contribution in [0.5, 0.6) is 0 Å². The zero-order chi connectivity index (χ0) is 20.1. The van der Waals surface area contributed by atoms with Crippen LogP contribution in [0.15, 0.2) is 59.5 Å². The number of benzene rings is 1. The molecule has 28 heavy (non-hydrogen) atoms. The fourth-order valence-corrected chi connectivity index (χ4v) is 3.13. The zero-order valence-corrected chi connectivity index (χ0v) is 17.6. The van der Waals surface area contributed by atoms with Gasteiger partial charge in [-0.1, -0.05) is 15.9 Å². The van der Waals surface area contributed by atoms with Gasteiger partial charge in [0.2, 0.25) is 0 Å². The highest BCUT2D eigenvalue weighted by atomic mass is 79.9. The minimum atomic E-state index is -0.208. The van der Waals surface area contributed by atoms with E-state index in [-0.39, 0.29) is 11.9 Å². The number of nitrogens with zero attached hydrogens (tertiary/aromatic N) is 4. The summed E-state index contributed by atoms with van der Waals surface area (Å²) in [6.07, 6.45) is 5.52. The quantitative estimate of drug-likeness (QED) is 0.585. The number of rotatable bonds is 7. The van der Waals surface area contributed by atoms with E-state index in [9.17, 15) is 4.79 Å². The molecule has 7 nitrogen and oxygen atoms in total. The number of amides is 1. The highest BCUT2D eigenvalue weighted by Crippen LogP contribution is 2.21. The largest absolute Gasteiger partial charge is 0.367 e. The lowest BCUT2D eigenvalue weighted by molar-refractivity contribution is 0.102. The van der Waals surface area contributed by atoms with Crippen molar-refractivity contribution in [2.75, 3.05) is 31.3 Å². The summed E-state index contributed by atoms with van der Waals surface area (Å²) in [5.74, 6) is 0.341. The van der Waals surface area contributed by atoms with Crippen molar-refractivity contribution in [2.24, 2.45) is 7.05 Å². The fraction of sp³-hybridized carbons (Fsp3) is 0.250. The maximum atomic E-state index is 12.7. The van der Waals surface area contributed by atoms with Crippen LogP contribution in [0.1, 0.15) is 22.0 Å². The van der Waals surface area contributed by atoms with Crippen molar-refractivity contribution < 1.29 is 4.79 Å². The number of anilines is 2. The van der Waals surface area contributed by atoms with E-state index in [1.807, 2.05) is 57.8 Å². The predicted octanol–water partition coefficient (Wildman–Crippen LogP) is 3.54. The third-order valence-corrected chi connectivity index (χ3v) is 4.88. The summed E-state index contributed by atoms with van der Waals surface area (Å²) in [7, 11) is 5.92. The molecule has 0 aliphatic heterocycles. The number of hydrogen-bond donors (Lipinski definition) is 2. The van der Waals surface area contributed by atoms with Gasteiger partial charge in [-0.05, 0) is 50.5 Å². The van der Waals surface area contributed by atoms with Gasteiger partial charge in [0.15, 0.2) is 0 Å². The van der Waals surface area contributed by atoms with Crippen LogP contribution < -0.4 is 10.6 Å². The molecule has 0 aliphatic carbocycles. The van der Waals surface area contributed by atoms with Gasteiger partial charge in [-0.25, -0.2) is 4.98 Å². The second-order valence-electron chi connectivity index (χ2n) is 6.67. The van der Waals surface area contributed by atoms with Gasteiger partial charge in [0.05, 0.1) is 17.8 Å². The van der Waals surface area contributed by atoms with Crippen molar-refractivity contribution in [1.29, 1.82) is 0 Å². The standard InChI is InChI=1S/C20H23BrN6O/c1-26(2)18(14-11-24-27(3)13-14)12-23-19-17(5-4-10-22-19)20(28)25-16-8-6-15(21)7-9-16/h4-11,13,18H,12H2,1-3H3,(H,22,23)(H,25,28). The molecule has 1 aromatic carbocycles. The maximum Gasteiger partial charge on any atom is 0.259 e. The number of aromatic nitrogens is 3. The highest BCUT2D eigenvalue weighted by Gasteiger charge is 2.18. The highest BCUT2D eigenvalue weighted by molar-refractivity contribution is 9.10. The average Bonchev–Trinajstić information content (AvgIpc) is 3.10. The van der Waals surface area contributed by atoms with Gasteiger partial charge in [-0.3, -0.25) is 9.48 Å². The fourth-order valence-electron chi connectivity index (χ4n) is 2.87. The molecule has 0 radical (unpaired) electrons. The summed E-state index contributed by atoms with van der Waals surface area (Å²) < 4.78 is 2.74. The second-order valence-corrected chi connectivity index (χ2v) is 7.58. The normalized spacial score (nSPS) is 12.0. The Kier molecular flexibility index (Phi) is 6.43. The lowest BCUT2D eigenvalue weighted by Gasteiger charge is -2.24. The van der Waals surface area contributed by atoms with Crippen molar-refractivity contribution in [2.45, 2.75) is 6.04 Å². The Morgan fingerprint density at radius 3 is 2.64 bits per heavy atom. The van der Waals surface area contributed by atoms with E-state index >= 15 is 0 Å². The minimum absolute atomic E-state index is 0.0955. The molecule has 1 unspecified atom stereocenters. The number of aryl methyl sites for hydroxylation is 1. The molecule has 0 bridgehead atoms. The Morgan fingerprint density at radius 1 is 1.25 bits per heavy atom. The summed E-state index contributed by atoms with van der Waals surface area (Å²) in [5, 5.41) is 10.5. The van der Waals surface area contributed by atoms with Gasteiger partial charge >= 0.3 is 0 Å². The van der Waals surface area contributed by atoms with Crippen LogP contribution in [0, 0.1) is 0 Å². The van der Waals surface area contributed by atoms with Gasteiger partial charge in [0, 0.05) is 41.7 Å². The van der Waals surface area contributed by atoms with E-state index < -0.39 is 0 Å². The molecule has 2 heterocycles. The first-order valence-electron chi connectivity index (χ1n) is 8.85. The number of halogens is 1. The molecule has 0 aliphatic rings. The van der Waals surface area contributed by atoms with Crippen LogP contribution in [0.3, 0.4) is 0 Å². The lowest BCUT2D eigenvalue weighted by Crippen LogP contribution is -2.27. The molecule has 0 spiro atoms. The van der Waals surface area contributed by atoms with Crippen LogP contribution in [0.2, 0.25) is 0 Å². The van der Waals surface area contributed by atoms with E-state index in [1.165, 1.54) is 0 Å². The number of nitrogens with one attached hydrogen (secondary N) is 2. The molecule has 3 rings (SSSR count). The number of carbonyl (C=O) groups is 1. The molecule has 0 fully saturated rings. The first-order chi connectivity index (χ1) is 13.4. The lowest BCUT2D eigenvalue weighted by atomic mass is 10.1. The summed E-state index contributed by atoms with van der Waals surface area (Å²) in [4.78, 5) is 19.2. The molecule has 3 aromatic rings. The van der Waals surface area contributed by atoms with Gasteiger partial charge in [-0.15, -0.1) is 0 Å². The summed E-state index contributed by atoms with van der Waals surface area (Å²) in [6.45, 7) is 0.592. The molecule has 0 saturated heterocycles. The maximum absolute atomic E-state index is 12.7. The molecular weight excluding hydrogens is 420 g/mol. The summed E-state index contributed by atoms with van der Waals surface area (Å²) in [5.41, 5.74) is 2.32. The van der Waals surface area contributed by atoms with E-state index in [4.69, 9.17) is 0 Å². The average molecular weight is 443 g/mol. The Balaban J connectivity index is 1.74. The Bertz CT molecular complexity index is 938. The van der Waals surface area contributed by atoms with Crippen LogP contribution in [-0.4, -0.2) is 46.2 Å². The third-order valence-electron chi connectivity index (χ3n) is 4.35. The smallest absolute Gasteiger partial charge is 0.259 e. The zero-order valence-electron chi connectivity index (χ0n) is 16.1. The third kappa shape index (κ3) is 4.96. The molecule has 146 valence electrons. The van der Waals surface area contributed by atoms with E-state index in [0.29, 0.717) is 17.9 Å². The van der Waals surface area contributed by atoms with Crippen molar-refractivity contribution in [3.05, 3.63) is 70.6 Å². The molecule has 0 saturated carbocycles. The second kappa shape index (κ2) is 8.99. The molecular formula is C20H23BrN6O. The first-order valence-corrected chi connectivity index (χ1v) is 9.64. The number of likely N-dealkylation sites (N-methyl/N-ethyl adjacent to an activating group) is 1. The monoisotopic (exact) mass is 442 g/mol. The molecule has 2 N–H and O–H groups in total. The van der Waals surface area contributed by atoms with Gasteiger partial charge in [0.1, 0.15) is 5.82 Å². The predicted molar refractivity (Wildman–Crippen MR) is 114 cm³/mol. The van der Waals surface area contributed by atoms with Crippen LogP contribution in [0.4, 0.5) is 11.5 Å². The van der Waals surface area contributed by atoms with Crippen LogP contribution in [-0.2, 0) is 7.05 Å². The SMILES string of the molecule is CN(C)C(CNc1ncccc1C(=O)Nc1ccc(Br)cc1)c1cnn(C)c1. The Morgan fingerprint density at radius 2 is 2.00 bits per heavy atom. The Labute approximate surface area is 172 Å². The first kappa shape index (κ1) is 20.0.